The molecule has 2 N–H and O–H groups in total. The molecule has 1 aliphatic carbocycles. The number of hydrogen-bond donors (Lipinski definition) is 2. The Morgan fingerprint density at radius 1 is 1.06 bits per heavy atom. The number of likely N-dealkylation sites (N-methyl/N-ethyl adjacent to an activating group) is 1. The highest BCUT2D eigenvalue weighted by Crippen LogP contribution is 2.29. The summed E-state index contributed by atoms with van der Waals surface area (Å²) in [6.07, 6.45) is 10.8. The maximum Gasteiger partial charge on any atom is 0.331 e. The third-order valence-corrected chi connectivity index (χ3v) is 7.92. The van der Waals surface area contributed by atoms with E-state index in [4.69, 9.17) is 0 Å². The normalized spacial score (nSPS) is 23.3. The summed E-state index contributed by atoms with van der Waals surface area (Å²) in [7, 11) is 1.74. The average Bonchev–Trinajstić information content (AvgIpc) is 2.84. The third kappa shape index (κ3) is 7.30. The minimum atomic E-state index is -0.980. The van der Waals surface area contributed by atoms with Gasteiger partial charge in [0.2, 0.25) is 11.8 Å². The van der Waals surface area contributed by atoms with Crippen molar-refractivity contribution < 1.29 is 19.5 Å². The third-order valence-electron chi connectivity index (χ3n) is 7.92. The fourth-order valence-corrected chi connectivity index (χ4v) is 5.54. The molecule has 0 aromatic rings. The molecule has 0 radical (unpaired) electrons. The largest absolute Gasteiger partial charge is 0.478 e. The molecule has 1 saturated heterocycles. The zero-order valence-corrected chi connectivity index (χ0v) is 22.2. The molecule has 1 saturated carbocycles. The Morgan fingerprint density at radius 3 is 2.24 bits per heavy atom. The summed E-state index contributed by atoms with van der Waals surface area (Å²) in [5.41, 5.74) is 0.225. The van der Waals surface area contributed by atoms with E-state index in [1.54, 1.807) is 24.9 Å². The molecule has 0 spiro atoms. The van der Waals surface area contributed by atoms with Gasteiger partial charge in [-0.05, 0) is 64.3 Å². The van der Waals surface area contributed by atoms with Gasteiger partial charge in [-0.15, -0.1) is 0 Å². The van der Waals surface area contributed by atoms with Crippen LogP contribution in [0.3, 0.4) is 0 Å². The molecule has 4 atom stereocenters. The van der Waals surface area contributed by atoms with E-state index in [9.17, 15) is 19.5 Å². The van der Waals surface area contributed by atoms with Crippen LogP contribution in [0, 0.1) is 11.8 Å². The second kappa shape index (κ2) is 13.3. The molecule has 0 aromatic carbocycles. The van der Waals surface area contributed by atoms with E-state index >= 15 is 0 Å². The number of piperidine rings is 1. The second-order valence-electron chi connectivity index (χ2n) is 10.7. The smallest absolute Gasteiger partial charge is 0.331 e. The summed E-state index contributed by atoms with van der Waals surface area (Å²) < 4.78 is 0. The predicted octanol–water partition coefficient (Wildman–Crippen LogP) is 4.22. The summed E-state index contributed by atoms with van der Waals surface area (Å²) in [6.45, 7) is 10.8. The van der Waals surface area contributed by atoms with Crippen LogP contribution in [0.5, 0.6) is 0 Å². The molecule has 2 rings (SSSR count). The minimum Gasteiger partial charge on any atom is -0.478 e. The first kappa shape index (κ1) is 28.3. The average molecular weight is 478 g/mol. The van der Waals surface area contributed by atoms with E-state index in [1.807, 2.05) is 13.8 Å². The molecular weight excluding hydrogens is 430 g/mol. The van der Waals surface area contributed by atoms with Gasteiger partial charge in [0.1, 0.15) is 6.04 Å². The van der Waals surface area contributed by atoms with Crippen LogP contribution < -0.4 is 5.32 Å². The number of carbonyl (C=O) groups excluding carboxylic acids is 2. The van der Waals surface area contributed by atoms with Gasteiger partial charge in [0.05, 0.1) is 12.1 Å². The summed E-state index contributed by atoms with van der Waals surface area (Å²) in [5.74, 6) is -0.961. The van der Waals surface area contributed by atoms with Crippen LogP contribution in [-0.4, -0.2) is 70.4 Å². The Bertz CT molecular complexity index is 729. The quantitative estimate of drug-likeness (QED) is 0.460. The number of carboxylic acid groups (broad SMARTS) is 1. The molecule has 2 fully saturated rings. The zero-order chi connectivity index (χ0) is 25.4. The number of amides is 2. The fraction of sp³-hybridized carbons (Fsp3) is 0.815. The lowest BCUT2D eigenvalue weighted by molar-refractivity contribution is -0.141. The van der Waals surface area contributed by atoms with E-state index in [2.05, 4.69) is 24.1 Å². The van der Waals surface area contributed by atoms with Gasteiger partial charge < -0.3 is 15.3 Å². The molecule has 1 aliphatic heterocycles. The van der Waals surface area contributed by atoms with E-state index in [0.717, 1.165) is 57.9 Å². The first-order chi connectivity index (χ1) is 16.1. The maximum atomic E-state index is 13.9. The molecule has 2 amide bonds. The number of carboxylic acids is 1. The standard InChI is InChI=1S/C27H47N3O4/c1-7-20(5)30-16-12-11-15-22(30)25(31)28-24(21-13-9-8-10-14-21)26(32)29(6)23(18(2)3)17-19(4)27(33)34/h17-18,20-24H,7-16H2,1-6H3,(H,28,31)(H,33,34)/b19-17+/t20?,22-,23-,24?/m1/s1. The summed E-state index contributed by atoms with van der Waals surface area (Å²) in [4.78, 5) is 42.8. The van der Waals surface area contributed by atoms with Crippen molar-refractivity contribution in [1.29, 1.82) is 0 Å². The number of carbonyl (C=O) groups is 3. The zero-order valence-electron chi connectivity index (χ0n) is 22.2. The Kier molecular flexibility index (Phi) is 11.1. The number of rotatable bonds is 10. The Labute approximate surface area is 206 Å². The molecule has 194 valence electrons. The Hall–Kier alpha value is -1.89. The molecule has 0 bridgehead atoms. The van der Waals surface area contributed by atoms with Gasteiger partial charge in [0.15, 0.2) is 0 Å². The van der Waals surface area contributed by atoms with Gasteiger partial charge in [-0.25, -0.2) is 4.79 Å². The van der Waals surface area contributed by atoms with E-state index in [-0.39, 0.29) is 41.3 Å². The highest BCUT2D eigenvalue weighted by Gasteiger charge is 2.38. The van der Waals surface area contributed by atoms with Crippen molar-refractivity contribution in [3.05, 3.63) is 11.6 Å². The van der Waals surface area contributed by atoms with Gasteiger partial charge in [0.25, 0.3) is 0 Å². The highest BCUT2D eigenvalue weighted by molar-refractivity contribution is 5.90. The summed E-state index contributed by atoms with van der Waals surface area (Å²) in [6, 6.07) is -0.781. The van der Waals surface area contributed by atoms with Crippen LogP contribution in [-0.2, 0) is 14.4 Å². The molecule has 2 aliphatic rings. The van der Waals surface area contributed by atoms with Crippen molar-refractivity contribution in [2.24, 2.45) is 11.8 Å². The van der Waals surface area contributed by atoms with E-state index in [0.29, 0.717) is 6.04 Å². The fourth-order valence-electron chi connectivity index (χ4n) is 5.54. The highest BCUT2D eigenvalue weighted by atomic mass is 16.4. The summed E-state index contributed by atoms with van der Waals surface area (Å²) >= 11 is 0. The van der Waals surface area contributed by atoms with Crippen LogP contribution in [0.15, 0.2) is 11.6 Å². The Morgan fingerprint density at radius 2 is 1.68 bits per heavy atom. The molecule has 2 unspecified atom stereocenters. The lowest BCUT2D eigenvalue weighted by Gasteiger charge is -2.41. The number of likely N-dealkylation sites (tertiary alicyclic amines) is 1. The molecule has 0 aromatic heterocycles. The van der Waals surface area contributed by atoms with Crippen LogP contribution in [0.2, 0.25) is 0 Å². The second-order valence-corrected chi connectivity index (χ2v) is 10.7. The molecule has 7 heteroatoms. The monoisotopic (exact) mass is 477 g/mol. The van der Waals surface area contributed by atoms with E-state index in [1.165, 1.54) is 6.42 Å². The van der Waals surface area contributed by atoms with Crippen LogP contribution in [0.4, 0.5) is 0 Å². The van der Waals surface area contributed by atoms with Crippen molar-refractivity contribution in [3.63, 3.8) is 0 Å². The van der Waals surface area contributed by atoms with Crippen molar-refractivity contribution in [1.82, 2.24) is 15.1 Å². The van der Waals surface area contributed by atoms with Gasteiger partial charge in [0, 0.05) is 18.7 Å². The van der Waals surface area contributed by atoms with Crippen LogP contribution >= 0.6 is 0 Å². The molecule has 34 heavy (non-hydrogen) atoms. The Balaban J connectivity index is 2.29. The minimum absolute atomic E-state index is 0.0318. The SMILES string of the molecule is CCC(C)N1CCCC[C@@H]1C(=O)NC(C(=O)N(C)[C@H](/C=C(\C)C(=O)O)C(C)C)C1CCCCC1. The van der Waals surface area contributed by atoms with Gasteiger partial charge in [-0.3, -0.25) is 14.5 Å². The van der Waals surface area contributed by atoms with Crippen LogP contribution in [0.25, 0.3) is 0 Å². The number of hydrogen-bond acceptors (Lipinski definition) is 4. The van der Waals surface area contributed by atoms with Gasteiger partial charge >= 0.3 is 5.97 Å². The number of nitrogens with one attached hydrogen (secondary N) is 1. The van der Waals surface area contributed by atoms with Crippen molar-refractivity contribution in [2.45, 2.75) is 117 Å². The maximum absolute atomic E-state index is 13.9. The number of nitrogens with zero attached hydrogens (tertiary/aromatic N) is 2. The van der Waals surface area contributed by atoms with Gasteiger partial charge in [-0.2, -0.15) is 0 Å². The van der Waals surface area contributed by atoms with Crippen LogP contribution in [0.1, 0.15) is 92.4 Å². The van der Waals surface area contributed by atoms with Crippen molar-refractivity contribution >= 4 is 17.8 Å². The molecular formula is C27H47N3O4. The number of aliphatic carboxylic acids is 1. The van der Waals surface area contributed by atoms with Crippen molar-refractivity contribution in [3.8, 4) is 0 Å². The lowest BCUT2D eigenvalue weighted by Crippen LogP contribution is -2.59. The molecule has 1 heterocycles. The molecule has 7 nitrogen and oxygen atoms in total. The van der Waals surface area contributed by atoms with E-state index < -0.39 is 12.0 Å². The first-order valence-corrected chi connectivity index (χ1v) is 13.3. The topological polar surface area (TPSA) is 90.0 Å². The first-order valence-electron chi connectivity index (χ1n) is 13.3. The lowest BCUT2D eigenvalue weighted by atomic mass is 9.82. The summed E-state index contributed by atoms with van der Waals surface area (Å²) in [5, 5.41) is 12.6. The van der Waals surface area contributed by atoms with Crippen molar-refractivity contribution in [2.75, 3.05) is 13.6 Å². The van der Waals surface area contributed by atoms with Gasteiger partial charge in [-0.1, -0.05) is 52.5 Å². The predicted molar refractivity (Wildman–Crippen MR) is 135 cm³/mol.